The van der Waals surface area contributed by atoms with Crippen LogP contribution in [0.15, 0.2) is 47.5 Å². The summed E-state index contributed by atoms with van der Waals surface area (Å²) in [6, 6.07) is 3.81. The number of rotatable bonds is 6. The van der Waals surface area contributed by atoms with Crippen LogP contribution in [0.3, 0.4) is 0 Å². The lowest BCUT2D eigenvalue weighted by molar-refractivity contribution is -0.142. The number of methoxy groups -OCH3 is 1. The molecule has 3 aromatic rings. The Morgan fingerprint density at radius 2 is 1.85 bits per heavy atom. The van der Waals surface area contributed by atoms with Gasteiger partial charge in [-0.15, -0.1) is 0 Å². The third kappa shape index (κ3) is 5.47. The summed E-state index contributed by atoms with van der Waals surface area (Å²) in [4.78, 5) is 43.8. The fourth-order valence-electron chi connectivity index (χ4n) is 4.58. The van der Waals surface area contributed by atoms with E-state index in [4.69, 9.17) is 4.74 Å². The number of fused-ring (bicyclic) bond motifs is 1. The molecule has 206 valence electrons. The molecule has 1 aromatic carbocycles. The first kappa shape index (κ1) is 27.7. The summed E-state index contributed by atoms with van der Waals surface area (Å²) in [5.74, 6) is -4.34. The highest BCUT2D eigenvalue weighted by molar-refractivity contribution is 5.97. The molecule has 0 radical (unpaired) electrons. The predicted octanol–water partition coefficient (Wildman–Crippen LogP) is 3.47. The van der Waals surface area contributed by atoms with Gasteiger partial charge in [0, 0.05) is 43.8 Å². The second-order valence-electron chi connectivity index (χ2n) is 8.87. The van der Waals surface area contributed by atoms with Crippen LogP contribution in [-0.2, 0) is 29.2 Å². The van der Waals surface area contributed by atoms with E-state index in [1.54, 1.807) is 4.90 Å². The van der Waals surface area contributed by atoms with Gasteiger partial charge >= 0.3 is 12.1 Å². The van der Waals surface area contributed by atoms with Gasteiger partial charge in [-0.3, -0.25) is 14.6 Å². The zero-order valence-corrected chi connectivity index (χ0v) is 20.8. The minimum Gasteiger partial charge on any atom is -0.467 e. The van der Waals surface area contributed by atoms with Crippen LogP contribution in [-0.4, -0.2) is 47.7 Å². The van der Waals surface area contributed by atoms with Crippen molar-refractivity contribution in [3.8, 4) is 11.3 Å². The van der Waals surface area contributed by atoms with E-state index in [1.807, 2.05) is 0 Å². The molecule has 8 nitrogen and oxygen atoms in total. The maximum atomic E-state index is 14.1. The fourth-order valence-corrected chi connectivity index (χ4v) is 4.58. The molecular weight excluding hydrogens is 527 g/mol. The Labute approximate surface area is 219 Å². The van der Waals surface area contributed by atoms with Crippen molar-refractivity contribution in [1.82, 2.24) is 14.9 Å². The van der Waals surface area contributed by atoms with Crippen LogP contribution in [0, 0.1) is 11.6 Å². The number of ether oxygens (including phenoxy) is 1. The third-order valence-electron chi connectivity index (χ3n) is 6.42. The summed E-state index contributed by atoms with van der Waals surface area (Å²) in [7, 11) is 2.40. The first-order valence-corrected chi connectivity index (χ1v) is 11.8. The van der Waals surface area contributed by atoms with Gasteiger partial charge < -0.3 is 19.5 Å². The Morgan fingerprint density at radius 3 is 2.49 bits per heavy atom. The van der Waals surface area contributed by atoms with Crippen LogP contribution in [0.5, 0.6) is 0 Å². The van der Waals surface area contributed by atoms with Crippen molar-refractivity contribution in [1.29, 1.82) is 0 Å². The standard InChI is InChI=1S/C26H23F5N4O4/c1-34-12-9-15(26(29,30)31)20(24(34)37)22-14-5-4-11-35(19(14)8-10-32-22)13-18(25(38)39-2)33-23(36)21-16(27)6-3-7-17(21)28/h3,6-10,12,18H,4-5,11,13H2,1-2H3,(H,33,36). The highest BCUT2D eigenvalue weighted by Gasteiger charge is 2.37. The molecule has 0 bridgehead atoms. The second kappa shape index (κ2) is 10.8. The largest absolute Gasteiger partial charge is 0.467 e. The van der Waals surface area contributed by atoms with Gasteiger partial charge in [-0.05, 0) is 37.1 Å². The van der Waals surface area contributed by atoms with Crippen molar-refractivity contribution < 1.29 is 36.3 Å². The molecule has 0 saturated carbocycles. The van der Waals surface area contributed by atoms with Crippen molar-refractivity contribution in [2.24, 2.45) is 7.05 Å². The lowest BCUT2D eigenvalue weighted by Crippen LogP contribution is -2.50. The molecule has 0 saturated heterocycles. The van der Waals surface area contributed by atoms with E-state index in [9.17, 15) is 36.3 Å². The summed E-state index contributed by atoms with van der Waals surface area (Å²) in [5, 5.41) is 2.28. The van der Waals surface area contributed by atoms with Gasteiger partial charge in [-0.1, -0.05) is 6.07 Å². The molecular formula is C26H23F5N4O4. The molecule has 4 rings (SSSR count). The van der Waals surface area contributed by atoms with Crippen molar-refractivity contribution in [2.75, 3.05) is 25.1 Å². The van der Waals surface area contributed by atoms with Gasteiger partial charge in [0.05, 0.1) is 23.9 Å². The van der Waals surface area contributed by atoms with Crippen molar-refractivity contribution >= 4 is 17.6 Å². The normalized spacial score (nSPS) is 14.0. The second-order valence-corrected chi connectivity index (χ2v) is 8.87. The molecule has 1 aliphatic heterocycles. The number of esters is 1. The van der Waals surface area contributed by atoms with Crippen LogP contribution in [0.4, 0.5) is 27.6 Å². The Morgan fingerprint density at radius 1 is 1.15 bits per heavy atom. The molecule has 1 amide bonds. The van der Waals surface area contributed by atoms with Gasteiger partial charge in [-0.25, -0.2) is 13.6 Å². The maximum Gasteiger partial charge on any atom is 0.417 e. The molecule has 1 unspecified atom stereocenters. The molecule has 0 spiro atoms. The smallest absolute Gasteiger partial charge is 0.417 e. The third-order valence-corrected chi connectivity index (χ3v) is 6.42. The van der Waals surface area contributed by atoms with E-state index in [2.05, 4.69) is 10.3 Å². The zero-order chi connectivity index (χ0) is 28.5. The summed E-state index contributed by atoms with van der Waals surface area (Å²) >= 11 is 0. The number of amides is 1. The topological polar surface area (TPSA) is 93.5 Å². The first-order chi connectivity index (χ1) is 18.4. The number of aromatic nitrogens is 2. The van der Waals surface area contributed by atoms with E-state index >= 15 is 0 Å². The number of nitrogens with one attached hydrogen (secondary N) is 1. The lowest BCUT2D eigenvalue weighted by atomic mass is 9.94. The fraction of sp³-hybridized carbons (Fsp3) is 0.308. The average molecular weight is 550 g/mol. The number of aryl methyl sites for hydroxylation is 1. The molecule has 2 aromatic heterocycles. The number of carbonyl (C=O) groups is 2. The number of pyridine rings is 2. The Bertz CT molecular complexity index is 1470. The molecule has 0 aliphatic carbocycles. The number of benzene rings is 1. The van der Waals surface area contributed by atoms with E-state index < -0.39 is 58.0 Å². The zero-order valence-electron chi connectivity index (χ0n) is 20.8. The van der Waals surface area contributed by atoms with Gasteiger partial charge in [0.2, 0.25) is 0 Å². The average Bonchev–Trinajstić information content (AvgIpc) is 2.88. The number of alkyl halides is 3. The Hall–Kier alpha value is -4.29. The van der Waals surface area contributed by atoms with E-state index in [0.717, 1.165) is 42.1 Å². The van der Waals surface area contributed by atoms with E-state index in [1.165, 1.54) is 19.3 Å². The van der Waals surface area contributed by atoms with Crippen LogP contribution >= 0.6 is 0 Å². The molecule has 1 aliphatic rings. The summed E-state index contributed by atoms with van der Waals surface area (Å²) in [6.07, 6.45) is -1.83. The predicted molar refractivity (Wildman–Crippen MR) is 130 cm³/mol. The summed E-state index contributed by atoms with van der Waals surface area (Å²) < 4.78 is 75.6. The number of hydrogen-bond acceptors (Lipinski definition) is 6. The van der Waals surface area contributed by atoms with Crippen LogP contribution in [0.1, 0.15) is 27.9 Å². The minimum atomic E-state index is -4.82. The minimum absolute atomic E-state index is 0.141. The molecule has 1 N–H and O–H groups in total. The number of nitrogens with zero attached hydrogens (tertiary/aromatic N) is 3. The lowest BCUT2D eigenvalue weighted by Gasteiger charge is -2.34. The number of anilines is 1. The maximum absolute atomic E-state index is 14.1. The van der Waals surface area contributed by atoms with E-state index in [0.29, 0.717) is 30.6 Å². The molecule has 1 atom stereocenters. The highest BCUT2D eigenvalue weighted by Crippen LogP contribution is 2.39. The molecule has 39 heavy (non-hydrogen) atoms. The SMILES string of the molecule is COC(=O)C(CN1CCCc2c1ccnc2-c1c(C(F)(F)F)ccn(C)c1=O)NC(=O)c1c(F)cccc1F. The van der Waals surface area contributed by atoms with Crippen molar-refractivity contribution in [3.05, 3.63) is 81.4 Å². The van der Waals surface area contributed by atoms with Crippen molar-refractivity contribution in [2.45, 2.75) is 25.1 Å². The quantitative estimate of drug-likeness (QED) is 0.373. The van der Waals surface area contributed by atoms with Crippen LogP contribution < -0.4 is 15.8 Å². The monoisotopic (exact) mass is 550 g/mol. The Kier molecular flexibility index (Phi) is 7.70. The van der Waals surface area contributed by atoms with E-state index in [-0.39, 0.29) is 12.2 Å². The number of hydrogen-bond donors (Lipinski definition) is 1. The Balaban J connectivity index is 1.73. The number of halogens is 5. The van der Waals surface area contributed by atoms with Gasteiger partial charge in [-0.2, -0.15) is 13.2 Å². The molecule has 3 heterocycles. The summed E-state index contributed by atoms with van der Waals surface area (Å²) in [5.41, 5.74) is -2.88. The first-order valence-electron chi connectivity index (χ1n) is 11.8. The van der Waals surface area contributed by atoms with Crippen LogP contribution in [0.25, 0.3) is 11.3 Å². The van der Waals surface area contributed by atoms with Crippen molar-refractivity contribution in [3.63, 3.8) is 0 Å². The summed E-state index contributed by atoms with van der Waals surface area (Å²) in [6.45, 7) is 0.0939. The van der Waals surface area contributed by atoms with Gasteiger partial charge in [0.15, 0.2) is 0 Å². The van der Waals surface area contributed by atoms with Gasteiger partial charge in [0.25, 0.3) is 11.5 Å². The molecule has 13 heteroatoms. The van der Waals surface area contributed by atoms with Crippen LogP contribution in [0.2, 0.25) is 0 Å². The number of carbonyl (C=O) groups excluding carboxylic acids is 2. The van der Waals surface area contributed by atoms with Gasteiger partial charge in [0.1, 0.15) is 23.2 Å². The molecule has 0 fully saturated rings. The highest BCUT2D eigenvalue weighted by atomic mass is 19.4.